The van der Waals surface area contributed by atoms with Gasteiger partial charge in [-0.25, -0.2) is 0 Å². The fraction of sp³-hybridized carbons (Fsp3) is 0.235. The van der Waals surface area contributed by atoms with Crippen molar-refractivity contribution in [3.63, 3.8) is 0 Å². The number of rotatable bonds is 3. The largest absolute Gasteiger partial charge is 0.497 e. The average Bonchev–Trinajstić information content (AvgIpc) is 2.90. The number of fused-ring (bicyclic) bond motifs is 1. The number of benzene rings is 2. The van der Waals surface area contributed by atoms with Crippen LogP contribution in [-0.2, 0) is 0 Å². The van der Waals surface area contributed by atoms with Gasteiger partial charge < -0.3 is 9.15 Å². The van der Waals surface area contributed by atoms with Gasteiger partial charge in [-0.3, -0.25) is 0 Å². The lowest BCUT2D eigenvalue weighted by Crippen LogP contribution is -1.84. The molecule has 0 aliphatic carbocycles. The van der Waals surface area contributed by atoms with E-state index in [1.165, 1.54) is 10.7 Å². The third kappa shape index (κ3) is 2.44. The van der Waals surface area contributed by atoms with Gasteiger partial charge in [-0.2, -0.15) is 0 Å². The van der Waals surface area contributed by atoms with Gasteiger partial charge in [0.2, 0.25) is 0 Å². The highest BCUT2D eigenvalue weighted by Crippen LogP contribution is 2.39. The Labute approximate surface area is 120 Å². The van der Waals surface area contributed by atoms with Gasteiger partial charge in [-0.05, 0) is 56.1 Å². The molecule has 1 heterocycles. The van der Waals surface area contributed by atoms with E-state index in [1.54, 1.807) is 7.11 Å². The monoisotopic (exact) mass is 284 g/mol. The second-order valence-corrected chi connectivity index (χ2v) is 6.24. The molecule has 0 saturated heterocycles. The zero-order valence-electron chi connectivity index (χ0n) is 11.9. The van der Waals surface area contributed by atoms with E-state index in [9.17, 15) is 0 Å². The minimum absolute atomic E-state index is 0.542. The Bertz CT molecular complexity index is 726. The van der Waals surface area contributed by atoms with Crippen molar-refractivity contribution in [1.82, 2.24) is 0 Å². The number of hydrogen-bond acceptors (Lipinski definition) is 2. The van der Waals surface area contributed by atoms with Crippen LogP contribution in [0.4, 0.5) is 0 Å². The summed E-state index contributed by atoms with van der Waals surface area (Å²) < 4.78 is 11.1. The van der Waals surface area contributed by atoms with Crippen LogP contribution in [0, 0.1) is 0 Å². The van der Waals surface area contributed by atoms with Crippen molar-refractivity contribution >= 4 is 18.9 Å². The van der Waals surface area contributed by atoms with Crippen LogP contribution in [0.5, 0.6) is 5.75 Å². The maximum atomic E-state index is 5.96. The molecule has 1 aromatic heterocycles. The second-order valence-electron chi connectivity index (χ2n) is 5.13. The van der Waals surface area contributed by atoms with Gasteiger partial charge in [0.05, 0.1) is 7.11 Å². The lowest BCUT2D eigenvalue weighted by atomic mass is 10.0. The first-order valence-corrected chi connectivity index (χ1v) is 7.62. The molecule has 0 radical (unpaired) electrons. The molecule has 3 aromatic rings. The first-order valence-electron chi connectivity index (χ1n) is 6.72. The van der Waals surface area contributed by atoms with Gasteiger partial charge in [0, 0.05) is 10.7 Å². The standard InChI is InChI=1S/C17H17O2P/c1-11(2)13-6-9-15-16(10-13)20-17(19-15)12-4-7-14(18-3)8-5-12/h4-11H,1-3H3. The Morgan fingerprint density at radius 3 is 2.45 bits per heavy atom. The molecule has 2 nitrogen and oxygen atoms in total. The summed E-state index contributed by atoms with van der Waals surface area (Å²) in [6.07, 6.45) is 0. The van der Waals surface area contributed by atoms with Crippen molar-refractivity contribution in [1.29, 1.82) is 0 Å². The topological polar surface area (TPSA) is 22.4 Å². The smallest absolute Gasteiger partial charge is 0.161 e. The highest BCUT2D eigenvalue weighted by atomic mass is 31.0. The Morgan fingerprint density at radius 1 is 1.05 bits per heavy atom. The highest BCUT2D eigenvalue weighted by molar-refractivity contribution is 7.40. The second kappa shape index (κ2) is 5.30. The molecule has 0 aliphatic heterocycles. The summed E-state index contributed by atoms with van der Waals surface area (Å²) in [4.78, 5) is 0. The molecular weight excluding hydrogens is 267 g/mol. The first kappa shape index (κ1) is 13.2. The minimum atomic E-state index is 0.542. The predicted octanol–water partition coefficient (Wildman–Crippen LogP) is 5.81. The van der Waals surface area contributed by atoms with Crippen LogP contribution in [0.25, 0.3) is 21.8 Å². The molecule has 0 aliphatic rings. The van der Waals surface area contributed by atoms with E-state index in [4.69, 9.17) is 9.15 Å². The predicted molar refractivity (Wildman–Crippen MR) is 84.8 cm³/mol. The van der Waals surface area contributed by atoms with E-state index in [2.05, 4.69) is 32.0 Å². The van der Waals surface area contributed by atoms with Crippen molar-refractivity contribution in [3.8, 4) is 16.8 Å². The van der Waals surface area contributed by atoms with Crippen LogP contribution >= 0.6 is 8.19 Å². The molecule has 20 heavy (non-hydrogen) atoms. The highest BCUT2D eigenvalue weighted by Gasteiger charge is 2.09. The molecule has 102 valence electrons. The molecule has 3 heteroatoms. The molecule has 0 unspecified atom stereocenters. The maximum absolute atomic E-state index is 5.96. The van der Waals surface area contributed by atoms with Crippen LogP contribution in [-0.4, -0.2) is 7.11 Å². The normalized spacial score (nSPS) is 11.6. The van der Waals surface area contributed by atoms with Crippen LogP contribution in [0.2, 0.25) is 0 Å². The minimum Gasteiger partial charge on any atom is -0.497 e. The van der Waals surface area contributed by atoms with E-state index in [0.717, 1.165) is 30.6 Å². The van der Waals surface area contributed by atoms with Gasteiger partial charge in [0.15, 0.2) is 5.49 Å². The van der Waals surface area contributed by atoms with Crippen LogP contribution in [0.1, 0.15) is 25.3 Å². The zero-order valence-corrected chi connectivity index (χ0v) is 12.8. The fourth-order valence-electron chi connectivity index (χ4n) is 2.16. The maximum Gasteiger partial charge on any atom is 0.161 e. The van der Waals surface area contributed by atoms with E-state index in [1.807, 2.05) is 24.3 Å². The number of hydrogen-bond donors (Lipinski definition) is 0. The van der Waals surface area contributed by atoms with Gasteiger partial charge >= 0.3 is 0 Å². The van der Waals surface area contributed by atoms with Crippen LogP contribution in [0.3, 0.4) is 0 Å². The van der Waals surface area contributed by atoms with Crippen molar-refractivity contribution < 1.29 is 9.15 Å². The summed E-state index contributed by atoms with van der Waals surface area (Å²) >= 11 is 0. The van der Waals surface area contributed by atoms with Crippen molar-refractivity contribution in [3.05, 3.63) is 48.0 Å². The molecule has 0 spiro atoms. The molecule has 3 rings (SSSR count). The summed E-state index contributed by atoms with van der Waals surface area (Å²) in [6, 6.07) is 14.5. The first-order chi connectivity index (χ1) is 9.67. The zero-order chi connectivity index (χ0) is 14.1. The van der Waals surface area contributed by atoms with Gasteiger partial charge in [-0.15, -0.1) is 0 Å². The summed E-state index contributed by atoms with van der Waals surface area (Å²) in [5.41, 5.74) is 4.43. The van der Waals surface area contributed by atoms with Crippen LogP contribution in [0.15, 0.2) is 46.9 Å². The summed E-state index contributed by atoms with van der Waals surface area (Å²) in [7, 11) is 2.81. The van der Waals surface area contributed by atoms with E-state index >= 15 is 0 Å². The Hall–Kier alpha value is -1.79. The molecule has 2 aromatic carbocycles. The Kier molecular flexibility index (Phi) is 3.50. The summed E-state index contributed by atoms with van der Waals surface area (Å²) in [5, 5.41) is 1.25. The summed E-state index contributed by atoms with van der Waals surface area (Å²) in [5.74, 6) is 1.41. The van der Waals surface area contributed by atoms with Gasteiger partial charge in [0.1, 0.15) is 11.3 Å². The quantitative estimate of drug-likeness (QED) is 0.605. The molecule has 0 N–H and O–H groups in total. The Balaban J connectivity index is 2.03. The third-order valence-electron chi connectivity index (χ3n) is 3.42. The van der Waals surface area contributed by atoms with Crippen molar-refractivity contribution in [2.75, 3.05) is 7.11 Å². The van der Waals surface area contributed by atoms with E-state index in [0.29, 0.717) is 5.92 Å². The third-order valence-corrected chi connectivity index (χ3v) is 4.56. The van der Waals surface area contributed by atoms with E-state index < -0.39 is 0 Å². The molecule has 0 atom stereocenters. The average molecular weight is 284 g/mol. The Morgan fingerprint density at radius 2 is 1.80 bits per heavy atom. The van der Waals surface area contributed by atoms with Crippen molar-refractivity contribution in [2.45, 2.75) is 19.8 Å². The number of ether oxygens (including phenoxy) is 1. The lowest BCUT2D eigenvalue weighted by molar-refractivity contribution is 0.415. The fourth-order valence-corrected chi connectivity index (χ4v) is 3.25. The SMILES string of the molecule is COc1ccc(-c2oc3ccc(C(C)C)cc3p2)cc1. The summed E-state index contributed by atoms with van der Waals surface area (Å²) in [6.45, 7) is 4.42. The van der Waals surface area contributed by atoms with Gasteiger partial charge in [-0.1, -0.05) is 19.9 Å². The molecular formula is C17H17O2P. The molecule has 0 saturated carbocycles. The van der Waals surface area contributed by atoms with Gasteiger partial charge in [0.25, 0.3) is 0 Å². The van der Waals surface area contributed by atoms with Crippen LogP contribution < -0.4 is 4.74 Å². The molecule has 0 amide bonds. The lowest BCUT2D eigenvalue weighted by Gasteiger charge is -2.03. The van der Waals surface area contributed by atoms with Crippen molar-refractivity contribution in [2.24, 2.45) is 0 Å². The molecule has 0 fully saturated rings. The number of methoxy groups -OCH3 is 1. The molecule has 0 bridgehead atoms. The van der Waals surface area contributed by atoms with E-state index in [-0.39, 0.29) is 0 Å².